The summed E-state index contributed by atoms with van der Waals surface area (Å²) >= 11 is 0. The van der Waals surface area contributed by atoms with E-state index < -0.39 is 12.7 Å². The van der Waals surface area contributed by atoms with Crippen LogP contribution in [0.4, 0.5) is 13.2 Å². The molecule has 0 saturated carbocycles. The van der Waals surface area contributed by atoms with E-state index in [1.165, 1.54) is 11.4 Å². The molecular formula is C6H10F3N2. The Balaban J connectivity index is 2.24. The molecule has 0 aromatic heterocycles. The quantitative estimate of drug-likeness (QED) is 0.615. The van der Waals surface area contributed by atoms with E-state index in [0.717, 1.165) is 0 Å². The van der Waals surface area contributed by atoms with Gasteiger partial charge in [-0.1, -0.05) is 0 Å². The molecule has 0 aliphatic carbocycles. The van der Waals surface area contributed by atoms with E-state index in [-0.39, 0.29) is 0 Å². The van der Waals surface area contributed by atoms with Crippen LogP contribution in [0.15, 0.2) is 0 Å². The number of halogens is 3. The molecule has 1 aliphatic heterocycles. The number of nitrogens with one attached hydrogen (secondary N) is 1. The molecular weight excluding hydrogens is 157 g/mol. The molecule has 0 aromatic rings. The lowest BCUT2D eigenvalue weighted by atomic mass is 10.3. The standard InChI is InChI=1S/C6H10F3N2/c7-6(8,9)5-11-3-1-10-2-4-11/h3,10H,1-2,4-5H2. The SMILES string of the molecule is FC(F)(F)CN1[CH]CNCC1. The predicted molar refractivity (Wildman–Crippen MR) is 34.8 cm³/mol. The molecule has 0 amide bonds. The van der Waals surface area contributed by atoms with Crippen molar-refractivity contribution in [1.29, 1.82) is 0 Å². The van der Waals surface area contributed by atoms with Crippen LogP contribution in [-0.2, 0) is 0 Å². The average Bonchev–Trinajstić information content (AvgIpc) is 1.85. The molecule has 65 valence electrons. The number of piperazine rings is 1. The van der Waals surface area contributed by atoms with Crippen molar-refractivity contribution in [1.82, 2.24) is 10.2 Å². The van der Waals surface area contributed by atoms with Crippen molar-refractivity contribution in [3.8, 4) is 0 Å². The van der Waals surface area contributed by atoms with Gasteiger partial charge in [-0.25, -0.2) is 0 Å². The van der Waals surface area contributed by atoms with E-state index in [0.29, 0.717) is 19.6 Å². The van der Waals surface area contributed by atoms with Crippen LogP contribution in [-0.4, -0.2) is 37.3 Å². The van der Waals surface area contributed by atoms with Crippen LogP contribution in [0, 0.1) is 6.54 Å². The molecule has 1 saturated heterocycles. The Hall–Kier alpha value is -0.290. The van der Waals surface area contributed by atoms with Crippen LogP contribution < -0.4 is 5.32 Å². The summed E-state index contributed by atoms with van der Waals surface area (Å²) in [5.41, 5.74) is 0. The smallest absolute Gasteiger partial charge is 0.314 e. The maximum Gasteiger partial charge on any atom is 0.401 e. The summed E-state index contributed by atoms with van der Waals surface area (Å²) < 4.78 is 35.3. The molecule has 2 nitrogen and oxygen atoms in total. The second kappa shape index (κ2) is 3.40. The average molecular weight is 167 g/mol. The van der Waals surface area contributed by atoms with E-state index in [1.54, 1.807) is 0 Å². The van der Waals surface area contributed by atoms with Crippen molar-refractivity contribution in [2.75, 3.05) is 26.2 Å². The normalized spacial score (nSPS) is 22.1. The highest BCUT2D eigenvalue weighted by atomic mass is 19.4. The van der Waals surface area contributed by atoms with Gasteiger partial charge in [0.1, 0.15) is 0 Å². The molecule has 1 radical (unpaired) electrons. The van der Waals surface area contributed by atoms with Crippen molar-refractivity contribution in [3.63, 3.8) is 0 Å². The van der Waals surface area contributed by atoms with Gasteiger partial charge in [-0.3, -0.25) is 4.90 Å². The molecule has 5 heteroatoms. The van der Waals surface area contributed by atoms with Gasteiger partial charge < -0.3 is 5.32 Å². The first-order valence-corrected chi connectivity index (χ1v) is 3.43. The third kappa shape index (κ3) is 3.57. The minimum Gasteiger partial charge on any atom is -0.314 e. The number of hydrogen-bond acceptors (Lipinski definition) is 2. The van der Waals surface area contributed by atoms with Gasteiger partial charge in [0.2, 0.25) is 0 Å². The van der Waals surface area contributed by atoms with Crippen LogP contribution in [0.2, 0.25) is 0 Å². The molecule has 1 rings (SSSR count). The molecule has 1 fully saturated rings. The van der Waals surface area contributed by atoms with Crippen molar-refractivity contribution in [2.24, 2.45) is 0 Å². The summed E-state index contributed by atoms with van der Waals surface area (Å²) in [6.07, 6.45) is -4.08. The number of nitrogens with zero attached hydrogens (tertiary/aromatic N) is 1. The highest BCUT2D eigenvalue weighted by molar-refractivity contribution is 4.79. The van der Waals surface area contributed by atoms with Crippen LogP contribution in [0.5, 0.6) is 0 Å². The van der Waals surface area contributed by atoms with Gasteiger partial charge in [0, 0.05) is 26.2 Å². The molecule has 0 atom stereocenters. The Morgan fingerprint density at radius 2 is 2.18 bits per heavy atom. The molecule has 0 unspecified atom stereocenters. The molecule has 1 N–H and O–H groups in total. The van der Waals surface area contributed by atoms with Gasteiger partial charge in [-0.15, -0.1) is 0 Å². The molecule has 0 bridgehead atoms. The lowest BCUT2D eigenvalue weighted by molar-refractivity contribution is -0.143. The van der Waals surface area contributed by atoms with E-state index in [1.807, 2.05) is 0 Å². The van der Waals surface area contributed by atoms with Gasteiger partial charge in [0.05, 0.1) is 6.54 Å². The van der Waals surface area contributed by atoms with Crippen molar-refractivity contribution in [3.05, 3.63) is 6.54 Å². The summed E-state index contributed by atoms with van der Waals surface area (Å²) in [5.74, 6) is 0. The molecule has 11 heavy (non-hydrogen) atoms. The van der Waals surface area contributed by atoms with Crippen LogP contribution in [0.3, 0.4) is 0 Å². The monoisotopic (exact) mass is 167 g/mol. The van der Waals surface area contributed by atoms with Crippen molar-refractivity contribution < 1.29 is 13.2 Å². The van der Waals surface area contributed by atoms with Crippen LogP contribution >= 0.6 is 0 Å². The van der Waals surface area contributed by atoms with Gasteiger partial charge in [-0.05, 0) is 0 Å². The van der Waals surface area contributed by atoms with E-state index in [9.17, 15) is 13.2 Å². The highest BCUT2D eigenvalue weighted by Gasteiger charge is 2.30. The van der Waals surface area contributed by atoms with Gasteiger partial charge in [-0.2, -0.15) is 13.2 Å². The van der Waals surface area contributed by atoms with E-state index >= 15 is 0 Å². The summed E-state index contributed by atoms with van der Waals surface area (Å²) in [6.45, 7) is 2.33. The minimum atomic E-state index is -4.08. The second-order valence-corrected chi connectivity index (χ2v) is 2.47. The zero-order valence-corrected chi connectivity index (χ0v) is 5.99. The lowest BCUT2D eigenvalue weighted by Crippen LogP contribution is -2.43. The topological polar surface area (TPSA) is 15.3 Å². The van der Waals surface area contributed by atoms with Crippen LogP contribution in [0.1, 0.15) is 0 Å². The summed E-state index contributed by atoms with van der Waals surface area (Å²) in [7, 11) is 0. The minimum absolute atomic E-state index is 0.444. The third-order valence-corrected chi connectivity index (χ3v) is 1.45. The second-order valence-electron chi connectivity index (χ2n) is 2.47. The zero-order chi connectivity index (χ0) is 8.32. The first-order chi connectivity index (χ1) is 5.08. The number of hydrogen-bond donors (Lipinski definition) is 1. The van der Waals surface area contributed by atoms with Gasteiger partial charge in [0.25, 0.3) is 0 Å². The Labute approximate surface area is 63.4 Å². The largest absolute Gasteiger partial charge is 0.401 e. The summed E-state index contributed by atoms with van der Waals surface area (Å²) in [6, 6.07) is 0. The fourth-order valence-electron chi connectivity index (χ4n) is 0.984. The van der Waals surface area contributed by atoms with Crippen molar-refractivity contribution in [2.45, 2.75) is 6.18 Å². The van der Waals surface area contributed by atoms with Crippen LogP contribution in [0.25, 0.3) is 0 Å². The highest BCUT2D eigenvalue weighted by Crippen LogP contribution is 2.17. The Bertz CT molecular complexity index is 117. The van der Waals surface area contributed by atoms with E-state index in [4.69, 9.17) is 0 Å². The summed E-state index contributed by atoms with van der Waals surface area (Å²) in [4.78, 5) is 1.29. The zero-order valence-electron chi connectivity index (χ0n) is 5.99. The van der Waals surface area contributed by atoms with Gasteiger partial charge >= 0.3 is 6.18 Å². The maximum absolute atomic E-state index is 11.8. The molecule has 1 heterocycles. The number of alkyl halides is 3. The third-order valence-electron chi connectivity index (χ3n) is 1.45. The first kappa shape index (κ1) is 8.80. The Morgan fingerprint density at radius 1 is 1.45 bits per heavy atom. The fourth-order valence-corrected chi connectivity index (χ4v) is 0.984. The first-order valence-electron chi connectivity index (χ1n) is 3.43. The Morgan fingerprint density at radius 3 is 2.64 bits per heavy atom. The van der Waals surface area contributed by atoms with Crippen molar-refractivity contribution >= 4 is 0 Å². The Kier molecular flexibility index (Phi) is 2.72. The lowest BCUT2D eigenvalue weighted by Gasteiger charge is -2.27. The molecule has 1 aliphatic rings. The summed E-state index contributed by atoms with van der Waals surface area (Å²) in [5, 5.41) is 2.94. The van der Waals surface area contributed by atoms with E-state index in [2.05, 4.69) is 5.32 Å². The fraction of sp³-hybridized carbons (Fsp3) is 0.833. The molecule has 0 spiro atoms. The van der Waals surface area contributed by atoms with Gasteiger partial charge in [0.15, 0.2) is 0 Å². The predicted octanol–water partition coefficient (Wildman–Crippen LogP) is 0.616. The number of rotatable bonds is 1. The maximum atomic E-state index is 11.8. The molecule has 0 aromatic carbocycles.